The van der Waals surface area contributed by atoms with Crippen molar-refractivity contribution >= 4 is 11.7 Å². The molecule has 0 saturated carbocycles. The predicted octanol–water partition coefficient (Wildman–Crippen LogP) is 1.14. The van der Waals surface area contributed by atoms with Crippen molar-refractivity contribution in [2.75, 3.05) is 12.4 Å². The molecule has 100 valence electrons. The predicted molar refractivity (Wildman–Crippen MR) is 72.9 cm³/mol. The van der Waals surface area contributed by atoms with Crippen LogP contribution in [0.4, 0.5) is 5.82 Å². The van der Waals surface area contributed by atoms with E-state index in [1.807, 2.05) is 19.2 Å². The maximum absolute atomic E-state index is 12.0. The Kier molecular flexibility index (Phi) is 4.12. The second kappa shape index (κ2) is 5.99. The highest BCUT2D eigenvalue weighted by atomic mass is 16.1. The van der Waals surface area contributed by atoms with Gasteiger partial charge in [-0.3, -0.25) is 9.48 Å². The third-order valence-electron chi connectivity index (χ3n) is 2.68. The standard InChI is InChI=1S/C13H17N5O/c1-10(9-18-7-3-6-16-18)17-13(19)11-4-5-12(14-2)15-8-11/h3-8,10H,9H2,1-2H3,(H,14,15)(H,17,19)/t10-/m1/s1. The van der Waals surface area contributed by atoms with E-state index < -0.39 is 0 Å². The molecular formula is C13H17N5O. The lowest BCUT2D eigenvalue weighted by atomic mass is 10.2. The molecule has 0 unspecified atom stereocenters. The quantitative estimate of drug-likeness (QED) is 0.844. The number of carbonyl (C=O) groups excluding carboxylic acids is 1. The molecule has 2 rings (SSSR count). The van der Waals surface area contributed by atoms with Crippen LogP contribution in [-0.2, 0) is 6.54 Å². The highest BCUT2D eigenvalue weighted by Crippen LogP contribution is 2.04. The lowest BCUT2D eigenvalue weighted by Gasteiger charge is -2.14. The van der Waals surface area contributed by atoms with Gasteiger partial charge in [0.1, 0.15) is 5.82 Å². The second-order valence-corrected chi connectivity index (χ2v) is 4.28. The van der Waals surface area contributed by atoms with Gasteiger partial charge in [0.2, 0.25) is 0 Å². The highest BCUT2D eigenvalue weighted by Gasteiger charge is 2.10. The van der Waals surface area contributed by atoms with Crippen LogP contribution < -0.4 is 10.6 Å². The van der Waals surface area contributed by atoms with Crippen LogP contribution in [0.3, 0.4) is 0 Å². The summed E-state index contributed by atoms with van der Waals surface area (Å²) in [6.45, 7) is 2.58. The fraction of sp³-hybridized carbons (Fsp3) is 0.308. The van der Waals surface area contributed by atoms with E-state index in [-0.39, 0.29) is 11.9 Å². The number of amides is 1. The molecule has 2 aromatic rings. The summed E-state index contributed by atoms with van der Waals surface area (Å²) in [7, 11) is 1.79. The van der Waals surface area contributed by atoms with Crippen molar-refractivity contribution < 1.29 is 4.79 Å². The van der Waals surface area contributed by atoms with Crippen LogP contribution in [0.15, 0.2) is 36.8 Å². The lowest BCUT2D eigenvalue weighted by molar-refractivity contribution is 0.0935. The Labute approximate surface area is 111 Å². The van der Waals surface area contributed by atoms with Gasteiger partial charge >= 0.3 is 0 Å². The molecule has 2 aromatic heterocycles. The number of rotatable bonds is 5. The summed E-state index contributed by atoms with van der Waals surface area (Å²) in [6.07, 6.45) is 5.14. The SMILES string of the molecule is CNc1ccc(C(=O)N[C@H](C)Cn2cccn2)cn1. The molecule has 0 aliphatic heterocycles. The number of aromatic nitrogens is 3. The Morgan fingerprint density at radius 2 is 2.32 bits per heavy atom. The summed E-state index contributed by atoms with van der Waals surface area (Å²) >= 11 is 0. The summed E-state index contributed by atoms with van der Waals surface area (Å²) in [5.41, 5.74) is 0.548. The molecule has 0 saturated heterocycles. The molecule has 0 aromatic carbocycles. The first-order valence-electron chi connectivity index (χ1n) is 6.11. The number of hydrogen-bond donors (Lipinski definition) is 2. The molecule has 0 aliphatic carbocycles. The molecule has 19 heavy (non-hydrogen) atoms. The van der Waals surface area contributed by atoms with Gasteiger partial charge in [0, 0.05) is 31.7 Å². The van der Waals surface area contributed by atoms with Gasteiger partial charge in [-0.25, -0.2) is 4.98 Å². The summed E-state index contributed by atoms with van der Waals surface area (Å²) in [5, 5.41) is 9.92. The Bertz CT molecular complexity index is 520. The molecule has 0 fully saturated rings. The zero-order valence-corrected chi connectivity index (χ0v) is 11.0. The Balaban J connectivity index is 1.92. The van der Waals surface area contributed by atoms with Crippen molar-refractivity contribution in [3.05, 3.63) is 42.4 Å². The number of nitrogens with one attached hydrogen (secondary N) is 2. The maximum atomic E-state index is 12.0. The number of anilines is 1. The Morgan fingerprint density at radius 3 is 2.89 bits per heavy atom. The van der Waals surface area contributed by atoms with E-state index in [1.54, 1.807) is 36.3 Å². The van der Waals surface area contributed by atoms with Gasteiger partial charge in [-0.2, -0.15) is 5.10 Å². The van der Waals surface area contributed by atoms with Gasteiger partial charge in [-0.1, -0.05) is 0 Å². The van der Waals surface area contributed by atoms with E-state index in [0.29, 0.717) is 12.1 Å². The zero-order valence-electron chi connectivity index (χ0n) is 11.0. The van der Waals surface area contributed by atoms with Gasteiger partial charge in [-0.05, 0) is 25.1 Å². The highest BCUT2D eigenvalue weighted by molar-refractivity contribution is 5.94. The van der Waals surface area contributed by atoms with Crippen molar-refractivity contribution in [1.82, 2.24) is 20.1 Å². The van der Waals surface area contributed by atoms with Crippen LogP contribution in [0, 0.1) is 0 Å². The van der Waals surface area contributed by atoms with E-state index in [9.17, 15) is 4.79 Å². The van der Waals surface area contributed by atoms with Crippen molar-refractivity contribution in [2.24, 2.45) is 0 Å². The molecular weight excluding hydrogens is 242 g/mol. The van der Waals surface area contributed by atoms with E-state index in [0.717, 1.165) is 5.82 Å². The van der Waals surface area contributed by atoms with Crippen LogP contribution in [0.25, 0.3) is 0 Å². The van der Waals surface area contributed by atoms with Crippen molar-refractivity contribution in [3.8, 4) is 0 Å². The average molecular weight is 259 g/mol. The molecule has 6 nitrogen and oxygen atoms in total. The zero-order chi connectivity index (χ0) is 13.7. The summed E-state index contributed by atoms with van der Waals surface area (Å²) in [4.78, 5) is 16.1. The monoisotopic (exact) mass is 259 g/mol. The first-order chi connectivity index (χ1) is 9.19. The molecule has 1 atom stereocenters. The van der Waals surface area contributed by atoms with Crippen LogP contribution in [0.1, 0.15) is 17.3 Å². The molecule has 2 heterocycles. The third kappa shape index (κ3) is 3.54. The molecule has 0 bridgehead atoms. The molecule has 2 N–H and O–H groups in total. The lowest BCUT2D eigenvalue weighted by Crippen LogP contribution is -2.35. The van der Waals surface area contributed by atoms with Crippen molar-refractivity contribution in [1.29, 1.82) is 0 Å². The molecule has 0 spiro atoms. The fourth-order valence-electron chi connectivity index (χ4n) is 1.72. The number of hydrogen-bond acceptors (Lipinski definition) is 4. The molecule has 0 aliphatic rings. The first kappa shape index (κ1) is 13.1. The number of pyridine rings is 1. The van der Waals surface area contributed by atoms with Crippen molar-refractivity contribution in [2.45, 2.75) is 19.5 Å². The molecule has 6 heteroatoms. The van der Waals surface area contributed by atoms with Crippen LogP contribution in [0.5, 0.6) is 0 Å². The topological polar surface area (TPSA) is 71.8 Å². The van der Waals surface area contributed by atoms with Gasteiger partial charge in [-0.15, -0.1) is 0 Å². The summed E-state index contributed by atoms with van der Waals surface area (Å²) < 4.78 is 1.79. The maximum Gasteiger partial charge on any atom is 0.253 e. The van der Waals surface area contributed by atoms with Gasteiger partial charge < -0.3 is 10.6 Å². The van der Waals surface area contributed by atoms with Crippen LogP contribution >= 0.6 is 0 Å². The van der Waals surface area contributed by atoms with Gasteiger partial charge in [0.15, 0.2) is 0 Å². The van der Waals surface area contributed by atoms with Crippen LogP contribution in [-0.4, -0.2) is 33.8 Å². The third-order valence-corrected chi connectivity index (χ3v) is 2.68. The minimum atomic E-state index is -0.130. The average Bonchev–Trinajstić information content (AvgIpc) is 2.91. The Hall–Kier alpha value is -2.37. The fourth-order valence-corrected chi connectivity index (χ4v) is 1.72. The van der Waals surface area contributed by atoms with E-state index in [4.69, 9.17) is 0 Å². The largest absolute Gasteiger partial charge is 0.373 e. The number of carbonyl (C=O) groups is 1. The van der Waals surface area contributed by atoms with E-state index in [1.165, 1.54) is 0 Å². The molecule has 1 amide bonds. The molecule has 0 radical (unpaired) electrons. The number of nitrogens with zero attached hydrogens (tertiary/aromatic N) is 3. The van der Waals surface area contributed by atoms with Gasteiger partial charge in [0.05, 0.1) is 12.1 Å². The smallest absolute Gasteiger partial charge is 0.253 e. The van der Waals surface area contributed by atoms with Crippen LogP contribution in [0.2, 0.25) is 0 Å². The minimum Gasteiger partial charge on any atom is -0.373 e. The van der Waals surface area contributed by atoms with E-state index in [2.05, 4.69) is 20.7 Å². The van der Waals surface area contributed by atoms with Gasteiger partial charge in [0.25, 0.3) is 5.91 Å². The normalized spacial score (nSPS) is 11.9. The minimum absolute atomic E-state index is 0.00335. The second-order valence-electron chi connectivity index (χ2n) is 4.28. The van der Waals surface area contributed by atoms with E-state index >= 15 is 0 Å². The van der Waals surface area contributed by atoms with Crippen molar-refractivity contribution in [3.63, 3.8) is 0 Å². The Morgan fingerprint density at radius 1 is 1.47 bits per heavy atom. The first-order valence-corrected chi connectivity index (χ1v) is 6.11. The summed E-state index contributed by atoms with van der Waals surface area (Å²) in [5.74, 6) is 0.607. The summed E-state index contributed by atoms with van der Waals surface area (Å²) in [6, 6.07) is 5.37.